The van der Waals surface area contributed by atoms with Gasteiger partial charge in [0.2, 0.25) is 5.91 Å². The molecule has 2 heterocycles. The lowest BCUT2D eigenvalue weighted by Gasteiger charge is -2.21. The van der Waals surface area contributed by atoms with Crippen molar-refractivity contribution in [3.8, 4) is 0 Å². The van der Waals surface area contributed by atoms with E-state index < -0.39 is 0 Å². The van der Waals surface area contributed by atoms with Gasteiger partial charge in [0.1, 0.15) is 5.82 Å². The number of carbonyl (C=O) groups excluding carboxylic acids is 1. The molecule has 7 heteroatoms. The van der Waals surface area contributed by atoms with Crippen LogP contribution in [0.1, 0.15) is 24.6 Å². The van der Waals surface area contributed by atoms with Crippen molar-refractivity contribution in [2.24, 2.45) is 7.05 Å². The monoisotopic (exact) mass is 283 g/mol. The number of nitrogens with one attached hydrogen (secondary N) is 1. The van der Waals surface area contributed by atoms with Crippen LogP contribution < -0.4 is 5.32 Å². The van der Waals surface area contributed by atoms with E-state index in [2.05, 4.69) is 15.5 Å². The molecule has 1 aromatic rings. The number of nitrogens with zero attached hydrogens (tertiary/aromatic N) is 4. The molecule has 0 radical (unpaired) electrons. The second kappa shape index (κ2) is 6.38. The van der Waals surface area contributed by atoms with E-state index in [0.29, 0.717) is 11.7 Å². The first-order valence-electron chi connectivity index (χ1n) is 6.52. The zero-order valence-corrected chi connectivity index (χ0v) is 12.5. The van der Waals surface area contributed by atoms with Crippen molar-refractivity contribution < 1.29 is 4.79 Å². The molecule has 0 aliphatic carbocycles. The summed E-state index contributed by atoms with van der Waals surface area (Å²) < 4.78 is 2.03. The summed E-state index contributed by atoms with van der Waals surface area (Å²) in [6.45, 7) is 2.08. The van der Waals surface area contributed by atoms with Crippen LogP contribution in [0.25, 0.3) is 0 Å². The van der Waals surface area contributed by atoms with Gasteiger partial charge in [0.25, 0.3) is 0 Å². The van der Waals surface area contributed by atoms with Gasteiger partial charge in [-0.2, -0.15) is 0 Å². The Morgan fingerprint density at radius 3 is 2.74 bits per heavy atom. The van der Waals surface area contributed by atoms with E-state index >= 15 is 0 Å². The predicted octanol–water partition coefficient (Wildman–Crippen LogP) is 0.462. The number of hydrogen-bond donors (Lipinski definition) is 1. The number of amides is 1. The van der Waals surface area contributed by atoms with Gasteiger partial charge < -0.3 is 14.8 Å². The van der Waals surface area contributed by atoms with Crippen LogP contribution in [0.2, 0.25) is 0 Å². The Morgan fingerprint density at radius 2 is 2.11 bits per heavy atom. The highest BCUT2D eigenvalue weighted by atomic mass is 32.2. The van der Waals surface area contributed by atoms with Gasteiger partial charge in [-0.1, -0.05) is 11.8 Å². The largest absolute Gasteiger partial charge is 0.348 e. The van der Waals surface area contributed by atoms with Crippen LogP contribution >= 0.6 is 11.8 Å². The summed E-state index contributed by atoms with van der Waals surface area (Å²) in [6.07, 6.45) is 2.21. The molecule has 6 nitrogen and oxygen atoms in total. The first-order valence-corrected chi connectivity index (χ1v) is 7.51. The van der Waals surface area contributed by atoms with Gasteiger partial charge in [0.15, 0.2) is 5.16 Å². The lowest BCUT2D eigenvalue weighted by molar-refractivity contribution is -0.125. The van der Waals surface area contributed by atoms with Gasteiger partial charge in [0, 0.05) is 27.1 Å². The molecule has 106 valence electrons. The third kappa shape index (κ3) is 3.48. The lowest BCUT2D eigenvalue weighted by Crippen LogP contribution is -2.28. The topological polar surface area (TPSA) is 63.1 Å². The standard InChI is InChI=1S/C12H21N5OS/c1-16(2)10(18)8-19-12-15-14-11(17(12)3)9-4-6-13-7-5-9/h9,13H,4-8H2,1-3H3. The first kappa shape index (κ1) is 14.3. The number of aromatic nitrogens is 3. The average Bonchev–Trinajstić information content (AvgIpc) is 2.78. The predicted molar refractivity (Wildman–Crippen MR) is 75.3 cm³/mol. The minimum Gasteiger partial charge on any atom is -0.348 e. The fourth-order valence-corrected chi connectivity index (χ4v) is 3.04. The number of rotatable bonds is 4. The van der Waals surface area contributed by atoms with Gasteiger partial charge in [-0.3, -0.25) is 4.79 Å². The summed E-state index contributed by atoms with van der Waals surface area (Å²) in [5.41, 5.74) is 0. The maximum Gasteiger partial charge on any atom is 0.232 e. The molecular weight excluding hydrogens is 262 g/mol. The quantitative estimate of drug-likeness (QED) is 0.814. The molecule has 0 bridgehead atoms. The van der Waals surface area contributed by atoms with Gasteiger partial charge >= 0.3 is 0 Å². The smallest absolute Gasteiger partial charge is 0.232 e. The van der Waals surface area contributed by atoms with Crippen molar-refractivity contribution in [3.05, 3.63) is 5.82 Å². The van der Waals surface area contributed by atoms with Crippen LogP contribution in [0.15, 0.2) is 5.16 Å². The fourth-order valence-electron chi connectivity index (χ4n) is 2.14. The minimum absolute atomic E-state index is 0.0939. The second-order valence-electron chi connectivity index (χ2n) is 5.00. The van der Waals surface area contributed by atoms with Crippen LogP contribution in [0.3, 0.4) is 0 Å². The van der Waals surface area contributed by atoms with Crippen LogP contribution in [0.5, 0.6) is 0 Å². The summed E-state index contributed by atoms with van der Waals surface area (Å²) in [5, 5.41) is 12.7. The minimum atomic E-state index is 0.0939. The molecule has 0 unspecified atom stereocenters. The van der Waals surface area contributed by atoms with E-state index in [1.165, 1.54) is 11.8 Å². The molecule has 1 N–H and O–H groups in total. The molecule has 0 atom stereocenters. The highest BCUT2D eigenvalue weighted by Crippen LogP contribution is 2.26. The highest BCUT2D eigenvalue weighted by molar-refractivity contribution is 7.99. The molecular formula is C12H21N5OS. The van der Waals surface area contributed by atoms with E-state index in [0.717, 1.165) is 36.9 Å². The van der Waals surface area contributed by atoms with E-state index in [4.69, 9.17) is 0 Å². The Labute approximate surface area is 117 Å². The third-order valence-electron chi connectivity index (χ3n) is 3.40. The van der Waals surface area contributed by atoms with Crippen molar-refractivity contribution in [1.29, 1.82) is 0 Å². The summed E-state index contributed by atoms with van der Waals surface area (Å²) in [7, 11) is 5.51. The van der Waals surface area contributed by atoms with Crippen LogP contribution in [-0.2, 0) is 11.8 Å². The van der Waals surface area contributed by atoms with E-state index in [-0.39, 0.29) is 5.91 Å². The van der Waals surface area contributed by atoms with E-state index in [1.807, 2.05) is 11.6 Å². The van der Waals surface area contributed by atoms with Crippen molar-refractivity contribution in [1.82, 2.24) is 25.0 Å². The molecule has 19 heavy (non-hydrogen) atoms. The number of carbonyl (C=O) groups is 1. The molecule has 1 amide bonds. The van der Waals surface area contributed by atoms with Gasteiger partial charge in [-0.25, -0.2) is 0 Å². The molecule has 1 aromatic heterocycles. The Morgan fingerprint density at radius 1 is 1.42 bits per heavy atom. The number of thioether (sulfide) groups is 1. The number of piperidine rings is 1. The Kier molecular flexibility index (Phi) is 4.81. The van der Waals surface area contributed by atoms with Crippen LogP contribution in [0, 0.1) is 0 Å². The summed E-state index contributed by atoms with van der Waals surface area (Å²) >= 11 is 1.45. The Hall–Kier alpha value is -1.08. The van der Waals surface area contributed by atoms with Crippen molar-refractivity contribution in [3.63, 3.8) is 0 Å². The van der Waals surface area contributed by atoms with Crippen molar-refractivity contribution in [2.45, 2.75) is 23.9 Å². The fraction of sp³-hybridized carbons (Fsp3) is 0.750. The van der Waals surface area contributed by atoms with Crippen molar-refractivity contribution >= 4 is 17.7 Å². The first-order chi connectivity index (χ1) is 9.09. The molecule has 1 aliphatic rings. The van der Waals surface area contributed by atoms with Crippen LogP contribution in [-0.4, -0.2) is 58.5 Å². The zero-order chi connectivity index (χ0) is 13.8. The molecule has 0 saturated carbocycles. The normalized spacial score (nSPS) is 16.6. The summed E-state index contributed by atoms with van der Waals surface area (Å²) in [6, 6.07) is 0. The van der Waals surface area contributed by atoms with Crippen LogP contribution in [0.4, 0.5) is 0 Å². The van der Waals surface area contributed by atoms with Gasteiger partial charge in [-0.05, 0) is 25.9 Å². The molecule has 0 spiro atoms. The third-order valence-corrected chi connectivity index (χ3v) is 4.40. The molecule has 1 saturated heterocycles. The zero-order valence-electron chi connectivity index (χ0n) is 11.7. The van der Waals surface area contributed by atoms with Crippen molar-refractivity contribution in [2.75, 3.05) is 32.9 Å². The molecule has 1 fully saturated rings. The number of hydrogen-bond acceptors (Lipinski definition) is 5. The molecule has 2 rings (SSSR count). The lowest BCUT2D eigenvalue weighted by atomic mass is 9.97. The van der Waals surface area contributed by atoms with Gasteiger partial charge in [-0.15, -0.1) is 10.2 Å². The maximum atomic E-state index is 11.6. The Bertz CT molecular complexity index is 439. The van der Waals surface area contributed by atoms with E-state index in [1.54, 1.807) is 19.0 Å². The molecule has 0 aromatic carbocycles. The molecule has 1 aliphatic heterocycles. The average molecular weight is 283 g/mol. The van der Waals surface area contributed by atoms with Gasteiger partial charge in [0.05, 0.1) is 5.75 Å². The second-order valence-corrected chi connectivity index (χ2v) is 5.94. The van der Waals surface area contributed by atoms with E-state index in [9.17, 15) is 4.79 Å². The summed E-state index contributed by atoms with van der Waals surface area (Å²) in [4.78, 5) is 13.2. The summed E-state index contributed by atoms with van der Waals surface area (Å²) in [5.74, 6) is 2.03. The Balaban J connectivity index is 1.99. The maximum absolute atomic E-state index is 11.6. The highest BCUT2D eigenvalue weighted by Gasteiger charge is 2.22. The SMILES string of the molecule is CN(C)C(=O)CSc1nnc(C2CCNCC2)n1C.